The van der Waals surface area contributed by atoms with Gasteiger partial charge in [-0.25, -0.2) is 15.0 Å². The maximum Gasteiger partial charge on any atom is 0.267 e. The van der Waals surface area contributed by atoms with Gasteiger partial charge in [0.15, 0.2) is 5.82 Å². The molecular formula is C24H23N5O2. The standard InChI is InChI=1S/C24H23N5O2/c1-28-14-11-24(31,23(28)30)10-9-17-5-4-6-18(15-17)19-7-8-20-21(27-19)22(26-16-25-20)29-12-2-3-13-29/h4-8,15-16,31H,2-3,11-14H2,1H3. The van der Waals surface area contributed by atoms with Crippen LogP contribution in [0.1, 0.15) is 24.8 Å². The van der Waals surface area contributed by atoms with Crippen LogP contribution in [0, 0.1) is 11.8 Å². The number of aromatic nitrogens is 3. The molecule has 2 aliphatic heterocycles. The number of aliphatic hydroxyl groups is 1. The number of carbonyl (C=O) groups is 1. The molecule has 4 heterocycles. The lowest BCUT2D eigenvalue weighted by molar-refractivity contribution is -0.137. The van der Waals surface area contributed by atoms with Crippen LogP contribution in [0.4, 0.5) is 5.82 Å². The van der Waals surface area contributed by atoms with Gasteiger partial charge >= 0.3 is 0 Å². The van der Waals surface area contributed by atoms with Crippen molar-refractivity contribution in [2.24, 2.45) is 0 Å². The molecular weight excluding hydrogens is 390 g/mol. The molecule has 5 rings (SSSR count). The third kappa shape index (κ3) is 3.60. The monoisotopic (exact) mass is 413 g/mol. The number of likely N-dealkylation sites (N-methyl/N-ethyl adjacent to an activating group) is 1. The van der Waals surface area contributed by atoms with Gasteiger partial charge in [0.1, 0.15) is 11.8 Å². The number of amides is 1. The van der Waals surface area contributed by atoms with Crippen molar-refractivity contribution in [3.05, 3.63) is 48.3 Å². The molecule has 0 aliphatic carbocycles. The minimum atomic E-state index is -1.60. The molecule has 1 aromatic carbocycles. The second-order valence-corrected chi connectivity index (χ2v) is 8.12. The lowest BCUT2D eigenvalue weighted by atomic mass is 10.0. The largest absolute Gasteiger partial charge is 0.369 e. The summed E-state index contributed by atoms with van der Waals surface area (Å²) in [5, 5.41) is 10.5. The van der Waals surface area contributed by atoms with E-state index >= 15 is 0 Å². The van der Waals surface area contributed by atoms with Gasteiger partial charge in [-0.05, 0) is 37.1 Å². The summed E-state index contributed by atoms with van der Waals surface area (Å²) >= 11 is 0. The number of carbonyl (C=O) groups excluding carboxylic acids is 1. The molecule has 2 fully saturated rings. The summed E-state index contributed by atoms with van der Waals surface area (Å²) in [5.41, 5.74) is 2.45. The molecule has 0 bridgehead atoms. The smallest absolute Gasteiger partial charge is 0.267 e. The van der Waals surface area contributed by atoms with E-state index in [1.54, 1.807) is 13.4 Å². The minimum Gasteiger partial charge on any atom is -0.369 e. The molecule has 7 nitrogen and oxygen atoms in total. The van der Waals surface area contributed by atoms with Gasteiger partial charge in [0, 0.05) is 44.2 Å². The Balaban J connectivity index is 1.50. The highest BCUT2D eigenvalue weighted by atomic mass is 16.3. The van der Waals surface area contributed by atoms with Crippen LogP contribution in [0.25, 0.3) is 22.3 Å². The van der Waals surface area contributed by atoms with Crippen molar-refractivity contribution in [1.82, 2.24) is 19.9 Å². The number of anilines is 1. The first-order valence-electron chi connectivity index (χ1n) is 10.5. The molecule has 1 atom stereocenters. The molecule has 2 aliphatic rings. The summed E-state index contributed by atoms with van der Waals surface area (Å²) in [6.45, 7) is 2.48. The first-order valence-corrected chi connectivity index (χ1v) is 10.5. The molecule has 0 spiro atoms. The molecule has 0 saturated carbocycles. The maximum absolute atomic E-state index is 12.1. The zero-order valence-corrected chi connectivity index (χ0v) is 17.4. The number of fused-ring (bicyclic) bond motifs is 1. The Hall–Kier alpha value is -3.50. The van der Waals surface area contributed by atoms with Crippen LogP contribution >= 0.6 is 0 Å². The second-order valence-electron chi connectivity index (χ2n) is 8.12. The Kier molecular flexibility index (Phi) is 4.79. The van der Waals surface area contributed by atoms with Gasteiger partial charge in [0.05, 0.1) is 11.2 Å². The molecule has 2 aromatic heterocycles. The molecule has 31 heavy (non-hydrogen) atoms. The van der Waals surface area contributed by atoms with Crippen LogP contribution in [0.15, 0.2) is 42.7 Å². The molecule has 2 saturated heterocycles. The van der Waals surface area contributed by atoms with Gasteiger partial charge in [-0.15, -0.1) is 0 Å². The molecule has 0 radical (unpaired) electrons. The molecule has 1 unspecified atom stereocenters. The number of likely N-dealkylation sites (tertiary alicyclic amines) is 1. The van der Waals surface area contributed by atoms with E-state index < -0.39 is 5.60 Å². The summed E-state index contributed by atoms with van der Waals surface area (Å²) in [5.74, 6) is 6.28. The molecule has 1 N–H and O–H groups in total. The zero-order valence-electron chi connectivity index (χ0n) is 17.4. The van der Waals surface area contributed by atoms with Crippen LogP contribution in [0.5, 0.6) is 0 Å². The van der Waals surface area contributed by atoms with Crippen LogP contribution < -0.4 is 4.90 Å². The summed E-state index contributed by atoms with van der Waals surface area (Å²) < 4.78 is 0. The SMILES string of the molecule is CN1CCC(O)(C#Cc2cccc(-c3ccc4ncnc(N5CCCC5)c4n3)c2)C1=O. The molecule has 1 amide bonds. The maximum atomic E-state index is 12.1. The fourth-order valence-electron chi connectivity index (χ4n) is 4.15. The van der Waals surface area contributed by atoms with Gasteiger partial charge < -0.3 is 14.9 Å². The van der Waals surface area contributed by atoms with Crippen LogP contribution in [0.3, 0.4) is 0 Å². The Labute approximate surface area is 180 Å². The number of pyridine rings is 1. The predicted octanol–water partition coefficient (Wildman–Crippen LogP) is 2.24. The van der Waals surface area contributed by atoms with E-state index in [1.807, 2.05) is 36.4 Å². The number of nitrogens with zero attached hydrogens (tertiary/aromatic N) is 5. The normalized spacial score (nSPS) is 20.9. The number of hydrogen-bond donors (Lipinski definition) is 1. The summed E-state index contributed by atoms with van der Waals surface area (Å²) in [6.07, 6.45) is 4.24. The van der Waals surface area contributed by atoms with E-state index in [0.29, 0.717) is 13.0 Å². The van der Waals surface area contributed by atoms with E-state index in [-0.39, 0.29) is 5.91 Å². The van der Waals surface area contributed by atoms with E-state index in [4.69, 9.17) is 4.98 Å². The van der Waals surface area contributed by atoms with Crippen molar-refractivity contribution >= 4 is 22.8 Å². The highest BCUT2D eigenvalue weighted by Gasteiger charge is 2.42. The quantitative estimate of drug-likeness (QED) is 0.649. The van der Waals surface area contributed by atoms with Crippen molar-refractivity contribution in [2.75, 3.05) is 31.6 Å². The Morgan fingerprint density at radius 3 is 2.71 bits per heavy atom. The Morgan fingerprint density at radius 1 is 1.10 bits per heavy atom. The summed E-state index contributed by atoms with van der Waals surface area (Å²) in [6, 6.07) is 11.6. The van der Waals surface area contributed by atoms with Crippen LogP contribution in [-0.4, -0.2) is 63.1 Å². The van der Waals surface area contributed by atoms with Crippen LogP contribution in [0.2, 0.25) is 0 Å². The average molecular weight is 413 g/mol. The fraction of sp³-hybridized carbons (Fsp3) is 0.333. The minimum absolute atomic E-state index is 0.320. The van der Waals surface area contributed by atoms with Gasteiger partial charge in [-0.2, -0.15) is 0 Å². The van der Waals surface area contributed by atoms with Crippen molar-refractivity contribution in [2.45, 2.75) is 24.9 Å². The van der Waals surface area contributed by atoms with Gasteiger partial charge in [0.25, 0.3) is 5.91 Å². The fourth-order valence-corrected chi connectivity index (χ4v) is 4.15. The average Bonchev–Trinajstić information content (AvgIpc) is 3.43. The van der Waals surface area contributed by atoms with E-state index in [0.717, 1.165) is 59.6 Å². The lowest BCUT2D eigenvalue weighted by Crippen LogP contribution is -2.37. The van der Waals surface area contributed by atoms with E-state index in [2.05, 4.69) is 26.7 Å². The first-order chi connectivity index (χ1) is 15.0. The predicted molar refractivity (Wildman–Crippen MR) is 118 cm³/mol. The van der Waals surface area contributed by atoms with E-state index in [1.165, 1.54) is 4.90 Å². The topological polar surface area (TPSA) is 82.4 Å². The van der Waals surface area contributed by atoms with Crippen molar-refractivity contribution in [1.29, 1.82) is 0 Å². The van der Waals surface area contributed by atoms with Crippen molar-refractivity contribution < 1.29 is 9.90 Å². The Morgan fingerprint density at radius 2 is 1.94 bits per heavy atom. The Bertz CT molecular complexity index is 1230. The van der Waals surface area contributed by atoms with Crippen molar-refractivity contribution in [3.8, 4) is 23.1 Å². The zero-order chi connectivity index (χ0) is 21.4. The third-order valence-electron chi connectivity index (χ3n) is 5.95. The number of benzene rings is 1. The number of hydrogen-bond acceptors (Lipinski definition) is 6. The highest BCUT2D eigenvalue weighted by Crippen LogP contribution is 2.28. The molecule has 7 heteroatoms. The molecule has 156 valence electrons. The summed E-state index contributed by atoms with van der Waals surface area (Å²) in [7, 11) is 1.67. The van der Waals surface area contributed by atoms with Crippen LogP contribution in [-0.2, 0) is 4.79 Å². The van der Waals surface area contributed by atoms with Gasteiger partial charge in [0.2, 0.25) is 5.60 Å². The molecule has 3 aromatic rings. The highest BCUT2D eigenvalue weighted by molar-refractivity contribution is 5.90. The van der Waals surface area contributed by atoms with Gasteiger partial charge in [-0.3, -0.25) is 4.79 Å². The van der Waals surface area contributed by atoms with E-state index in [9.17, 15) is 9.90 Å². The van der Waals surface area contributed by atoms with Crippen molar-refractivity contribution in [3.63, 3.8) is 0 Å². The first kappa shape index (κ1) is 19.5. The summed E-state index contributed by atoms with van der Waals surface area (Å²) in [4.78, 5) is 29.7. The lowest BCUT2D eigenvalue weighted by Gasteiger charge is -2.17. The van der Waals surface area contributed by atoms with Gasteiger partial charge in [-0.1, -0.05) is 24.0 Å². The second kappa shape index (κ2) is 7.64. The number of rotatable bonds is 2. The third-order valence-corrected chi connectivity index (χ3v) is 5.95.